The molecule has 1 heterocycles. The lowest BCUT2D eigenvalue weighted by Crippen LogP contribution is -2.22. The van der Waals surface area contributed by atoms with Gasteiger partial charge in [0.05, 0.1) is 5.52 Å². The molecule has 1 unspecified atom stereocenters. The number of pyridine rings is 1. The molecule has 17 heavy (non-hydrogen) atoms. The van der Waals surface area contributed by atoms with E-state index in [2.05, 4.69) is 4.98 Å². The van der Waals surface area contributed by atoms with E-state index in [0.717, 1.165) is 16.5 Å². The van der Waals surface area contributed by atoms with Crippen molar-refractivity contribution in [3.8, 4) is 0 Å². The summed E-state index contributed by atoms with van der Waals surface area (Å²) in [4.78, 5) is 4.22. The van der Waals surface area contributed by atoms with Gasteiger partial charge < -0.3 is 14.6 Å². The summed E-state index contributed by atoms with van der Waals surface area (Å²) < 4.78 is 10.1. The van der Waals surface area contributed by atoms with Crippen LogP contribution in [0.1, 0.15) is 11.7 Å². The highest BCUT2D eigenvalue weighted by molar-refractivity contribution is 5.79. The Kier molecular flexibility index (Phi) is 3.68. The maximum atomic E-state index is 10.1. The maximum Gasteiger partial charge on any atom is 0.187 e. The fraction of sp³-hybridized carbons (Fsp3) is 0.308. The first-order chi connectivity index (χ1) is 8.26. The third-order valence-corrected chi connectivity index (χ3v) is 2.69. The van der Waals surface area contributed by atoms with E-state index in [0.29, 0.717) is 0 Å². The standard InChI is InChI=1S/C13H15NO3/c1-16-13(17-2)12(15)10-5-6-11-9(8-10)4-3-7-14-11/h3-8,12-13,15H,1-2H3. The average molecular weight is 233 g/mol. The van der Waals surface area contributed by atoms with Crippen LogP contribution in [0, 0.1) is 0 Å². The van der Waals surface area contributed by atoms with Crippen LogP contribution in [0.3, 0.4) is 0 Å². The lowest BCUT2D eigenvalue weighted by Gasteiger charge is -2.20. The number of aliphatic hydroxyl groups excluding tert-OH is 1. The van der Waals surface area contributed by atoms with Crippen LogP contribution in [-0.4, -0.2) is 30.6 Å². The second kappa shape index (κ2) is 5.23. The number of hydrogen-bond acceptors (Lipinski definition) is 4. The molecule has 0 aliphatic heterocycles. The zero-order valence-electron chi connectivity index (χ0n) is 9.83. The van der Waals surface area contributed by atoms with E-state index in [4.69, 9.17) is 9.47 Å². The average Bonchev–Trinajstić information content (AvgIpc) is 2.39. The van der Waals surface area contributed by atoms with Crippen molar-refractivity contribution in [1.82, 2.24) is 4.98 Å². The summed E-state index contributed by atoms with van der Waals surface area (Å²) in [5, 5.41) is 11.1. The lowest BCUT2D eigenvalue weighted by molar-refractivity contribution is -0.166. The Hall–Kier alpha value is -1.49. The smallest absolute Gasteiger partial charge is 0.187 e. The fourth-order valence-corrected chi connectivity index (χ4v) is 1.79. The zero-order chi connectivity index (χ0) is 12.3. The molecule has 0 fully saturated rings. The molecular weight excluding hydrogens is 218 g/mol. The summed E-state index contributed by atoms with van der Waals surface area (Å²) >= 11 is 0. The largest absolute Gasteiger partial charge is 0.383 e. The summed E-state index contributed by atoms with van der Waals surface area (Å²) in [5.41, 5.74) is 1.65. The molecule has 1 aromatic heterocycles. The minimum atomic E-state index is -0.811. The molecular formula is C13H15NO3. The lowest BCUT2D eigenvalue weighted by atomic mass is 10.1. The van der Waals surface area contributed by atoms with Crippen LogP contribution < -0.4 is 0 Å². The molecule has 4 heteroatoms. The van der Waals surface area contributed by atoms with Gasteiger partial charge in [-0.15, -0.1) is 0 Å². The van der Waals surface area contributed by atoms with E-state index in [1.54, 1.807) is 6.20 Å². The SMILES string of the molecule is COC(OC)C(O)c1ccc2ncccc2c1. The van der Waals surface area contributed by atoms with E-state index in [1.807, 2.05) is 30.3 Å². The van der Waals surface area contributed by atoms with Crippen molar-refractivity contribution < 1.29 is 14.6 Å². The molecule has 0 saturated heterocycles. The first-order valence-electron chi connectivity index (χ1n) is 5.34. The predicted molar refractivity (Wildman–Crippen MR) is 64.5 cm³/mol. The van der Waals surface area contributed by atoms with Gasteiger partial charge in [0.1, 0.15) is 6.10 Å². The van der Waals surface area contributed by atoms with Crippen LogP contribution in [0.2, 0.25) is 0 Å². The van der Waals surface area contributed by atoms with Crippen molar-refractivity contribution in [3.05, 3.63) is 42.1 Å². The first kappa shape index (κ1) is 12.0. The van der Waals surface area contributed by atoms with Crippen molar-refractivity contribution in [2.75, 3.05) is 14.2 Å². The Morgan fingerprint density at radius 1 is 1.18 bits per heavy atom. The first-order valence-corrected chi connectivity index (χ1v) is 5.34. The number of aliphatic hydroxyl groups is 1. The van der Waals surface area contributed by atoms with E-state index in [1.165, 1.54) is 14.2 Å². The highest BCUT2D eigenvalue weighted by Gasteiger charge is 2.20. The molecule has 90 valence electrons. The quantitative estimate of drug-likeness (QED) is 0.819. The number of methoxy groups -OCH3 is 2. The molecule has 4 nitrogen and oxygen atoms in total. The third kappa shape index (κ3) is 2.44. The Bertz CT molecular complexity index is 497. The van der Waals surface area contributed by atoms with Gasteiger partial charge in [-0.05, 0) is 23.8 Å². The van der Waals surface area contributed by atoms with Gasteiger partial charge >= 0.3 is 0 Å². The highest BCUT2D eigenvalue weighted by atomic mass is 16.7. The molecule has 0 spiro atoms. The summed E-state index contributed by atoms with van der Waals surface area (Å²) in [7, 11) is 3.00. The van der Waals surface area contributed by atoms with Crippen LogP contribution in [0.5, 0.6) is 0 Å². The molecule has 1 atom stereocenters. The summed E-state index contributed by atoms with van der Waals surface area (Å²) in [6, 6.07) is 9.40. The highest BCUT2D eigenvalue weighted by Crippen LogP contribution is 2.22. The van der Waals surface area contributed by atoms with Gasteiger partial charge in [-0.3, -0.25) is 4.98 Å². The van der Waals surface area contributed by atoms with Crippen LogP contribution in [0.25, 0.3) is 10.9 Å². The van der Waals surface area contributed by atoms with Crippen molar-refractivity contribution in [3.63, 3.8) is 0 Å². The summed E-state index contributed by atoms with van der Waals surface area (Å²) in [5.74, 6) is 0. The van der Waals surface area contributed by atoms with E-state index < -0.39 is 12.4 Å². The van der Waals surface area contributed by atoms with Gasteiger partial charge in [0.25, 0.3) is 0 Å². The molecule has 2 aromatic rings. The van der Waals surface area contributed by atoms with E-state index in [9.17, 15) is 5.11 Å². The Morgan fingerprint density at radius 2 is 1.94 bits per heavy atom. The van der Waals surface area contributed by atoms with Gasteiger partial charge in [-0.25, -0.2) is 0 Å². The Labute approximate surface area is 99.8 Å². The van der Waals surface area contributed by atoms with Crippen LogP contribution in [0.15, 0.2) is 36.5 Å². The number of fused-ring (bicyclic) bond motifs is 1. The molecule has 0 aliphatic rings. The second-order valence-electron chi connectivity index (χ2n) is 3.74. The Morgan fingerprint density at radius 3 is 2.65 bits per heavy atom. The van der Waals surface area contributed by atoms with Gasteiger partial charge in [0.15, 0.2) is 6.29 Å². The van der Waals surface area contributed by atoms with Gasteiger partial charge in [-0.2, -0.15) is 0 Å². The molecule has 1 N–H and O–H groups in total. The van der Waals surface area contributed by atoms with Gasteiger partial charge in [0, 0.05) is 25.8 Å². The third-order valence-electron chi connectivity index (χ3n) is 2.69. The summed E-state index contributed by atoms with van der Waals surface area (Å²) in [6.07, 6.45) is 0.268. The molecule has 1 aromatic carbocycles. The second-order valence-corrected chi connectivity index (χ2v) is 3.74. The van der Waals surface area contributed by atoms with Crippen molar-refractivity contribution in [1.29, 1.82) is 0 Å². The fourth-order valence-electron chi connectivity index (χ4n) is 1.79. The topological polar surface area (TPSA) is 51.6 Å². The molecule has 2 rings (SSSR count). The maximum absolute atomic E-state index is 10.1. The molecule has 0 aliphatic carbocycles. The normalized spacial score (nSPS) is 13.2. The monoisotopic (exact) mass is 233 g/mol. The van der Waals surface area contributed by atoms with Crippen LogP contribution in [-0.2, 0) is 9.47 Å². The van der Waals surface area contributed by atoms with Crippen LogP contribution in [0.4, 0.5) is 0 Å². The molecule has 0 bridgehead atoms. The number of benzene rings is 1. The molecule has 0 amide bonds. The van der Waals surface area contributed by atoms with Crippen LogP contribution >= 0.6 is 0 Å². The van der Waals surface area contributed by atoms with E-state index in [-0.39, 0.29) is 0 Å². The molecule has 0 radical (unpaired) electrons. The number of aromatic nitrogens is 1. The number of ether oxygens (including phenoxy) is 2. The number of rotatable bonds is 4. The minimum absolute atomic E-state index is 0.663. The van der Waals surface area contributed by atoms with Crippen molar-refractivity contribution >= 4 is 10.9 Å². The van der Waals surface area contributed by atoms with E-state index >= 15 is 0 Å². The minimum Gasteiger partial charge on any atom is -0.383 e. The van der Waals surface area contributed by atoms with Crippen molar-refractivity contribution in [2.24, 2.45) is 0 Å². The van der Waals surface area contributed by atoms with Gasteiger partial charge in [0.2, 0.25) is 0 Å². The Balaban J connectivity index is 2.35. The summed E-state index contributed by atoms with van der Waals surface area (Å²) in [6.45, 7) is 0. The van der Waals surface area contributed by atoms with Crippen molar-refractivity contribution in [2.45, 2.75) is 12.4 Å². The zero-order valence-corrected chi connectivity index (χ0v) is 9.83. The molecule has 0 saturated carbocycles. The number of hydrogen-bond donors (Lipinski definition) is 1. The predicted octanol–water partition coefficient (Wildman–Crippen LogP) is 1.89. The number of nitrogens with zero attached hydrogens (tertiary/aromatic N) is 1. The van der Waals surface area contributed by atoms with Gasteiger partial charge in [-0.1, -0.05) is 12.1 Å².